The average molecular weight is 192 g/mol. The number of hydrogen-bond donors (Lipinski definition) is 0. The summed E-state index contributed by atoms with van der Waals surface area (Å²) in [4.78, 5) is 11.9. The lowest BCUT2D eigenvalue weighted by Crippen LogP contribution is -2.58. The van der Waals surface area contributed by atoms with Crippen LogP contribution in [0.25, 0.3) is 0 Å². The topological polar surface area (TPSA) is 26.3 Å². The van der Waals surface area contributed by atoms with E-state index in [9.17, 15) is 4.79 Å². The first kappa shape index (κ1) is 8.51. The SMILES string of the molecule is C=CC[C@]12C(=O)O[C@]3(C)CC[C@H]1C[C@H]23. The van der Waals surface area contributed by atoms with Crippen LogP contribution in [-0.2, 0) is 9.53 Å². The van der Waals surface area contributed by atoms with E-state index in [2.05, 4.69) is 13.5 Å². The first-order valence-electron chi connectivity index (χ1n) is 5.48. The van der Waals surface area contributed by atoms with Crippen molar-refractivity contribution in [2.24, 2.45) is 17.3 Å². The quantitative estimate of drug-likeness (QED) is 0.495. The van der Waals surface area contributed by atoms with Gasteiger partial charge >= 0.3 is 5.97 Å². The van der Waals surface area contributed by atoms with Crippen LogP contribution in [0.1, 0.15) is 32.6 Å². The van der Waals surface area contributed by atoms with Gasteiger partial charge in [-0.3, -0.25) is 4.79 Å². The molecule has 4 fully saturated rings. The molecule has 1 aliphatic heterocycles. The van der Waals surface area contributed by atoms with Gasteiger partial charge in [-0.25, -0.2) is 0 Å². The molecule has 2 heteroatoms. The zero-order valence-electron chi connectivity index (χ0n) is 8.58. The van der Waals surface area contributed by atoms with Gasteiger partial charge in [0, 0.05) is 5.92 Å². The standard InChI is InChI=1S/C12H16O2/c1-3-5-12-8-4-6-11(2,9(12)7-8)14-10(12)13/h3,8-9H,1,4-7H2,2H3/t8-,9-,11+,12-/m0/s1. The van der Waals surface area contributed by atoms with Crippen molar-refractivity contribution < 1.29 is 9.53 Å². The third kappa shape index (κ3) is 0.656. The largest absolute Gasteiger partial charge is 0.459 e. The predicted molar refractivity (Wildman–Crippen MR) is 52.6 cm³/mol. The summed E-state index contributed by atoms with van der Waals surface area (Å²) in [5.74, 6) is 1.10. The summed E-state index contributed by atoms with van der Waals surface area (Å²) < 4.78 is 5.60. The van der Waals surface area contributed by atoms with Gasteiger partial charge < -0.3 is 4.74 Å². The normalized spacial score (nSPS) is 53.6. The van der Waals surface area contributed by atoms with E-state index in [1.165, 1.54) is 6.42 Å². The molecule has 4 atom stereocenters. The maximum atomic E-state index is 11.9. The number of ether oxygens (including phenoxy) is 1. The van der Waals surface area contributed by atoms with Crippen molar-refractivity contribution >= 4 is 5.97 Å². The fourth-order valence-electron chi connectivity index (χ4n) is 4.00. The summed E-state index contributed by atoms with van der Waals surface area (Å²) in [7, 11) is 0. The molecular formula is C12H16O2. The zero-order chi connectivity index (χ0) is 9.97. The lowest BCUT2D eigenvalue weighted by molar-refractivity contribution is -0.154. The minimum absolute atomic E-state index is 0.0543. The van der Waals surface area contributed by atoms with Gasteiger partial charge in [0.25, 0.3) is 0 Å². The molecule has 0 unspecified atom stereocenters. The van der Waals surface area contributed by atoms with Crippen molar-refractivity contribution in [3.63, 3.8) is 0 Å². The molecule has 0 spiro atoms. The smallest absolute Gasteiger partial charge is 0.313 e. The second kappa shape index (κ2) is 2.23. The Kier molecular flexibility index (Phi) is 1.36. The number of fused-ring (bicyclic) bond motifs is 1. The Balaban J connectivity index is 2.06. The number of carbonyl (C=O) groups excluding carboxylic acids is 1. The molecule has 3 aliphatic carbocycles. The lowest BCUT2D eigenvalue weighted by atomic mass is 9.44. The Morgan fingerprint density at radius 1 is 1.71 bits per heavy atom. The van der Waals surface area contributed by atoms with E-state index in [0.717, 1.165) is 19.3 Å². The van der Waals surface area contributed by atoms with Gasteiger partial charge in [0.15, 0.2) is 0 Å². The van der Waals surface area contributed by atoms with Crippen molar-refractivity contribution in [3.8, 4) is 0 Å². The summed E-state index contributed by atoms with van der Waals surface area (Å²) in [5, 5.41) is 0. The molecule has 0 amide bonds. The summed E-state index contributed by atoms with van der Waals surface area (Å²) >= 11 is 0. The highest BCUT2D eigenvalue weighted by molar-refractivity contribution is 5.83. The summed E-state index contributed by atoms with van der Waals surface area (Å²) in [6, 6.07) is 0. The number of hydrogen-bond acceptors (Lipinski definition) is 2. The van der Waals surface area contributed by atoms with Crippen molar-refractivity contribution in [1.29, 1.82) is 0 Å². The third-order valence-corrected chi connectivity index (χ3v) is 4.78. The third-order valence-electron chi connectivity index (χ3n) is 4.78. The highest BCUT2D eigenvalue weighted by atomic mass is 16.6. The van der Waals surface area contributed by atoms with Crippen molar-refractivity contribution in [2.75, 3.05) is 0 Å². The van der Waals surface area contributed by atoms with E-state index < -0.39 is 0 Å². The molecule has 3 saturated carbocycles. The summed E-state index contributed by atoms with van der Waals surface area (Å²) in [5.41, 5.74) is -0.302. The molecule has 14 heavy (non-hydrogen) atoms. The molecular weight excluding hydrogens is 176 g/mol. The van der Waals surface area contributed by atoms with E-state index in [-0.39, 0.29) is 17.0 Å². The van der Waals surface area contributed by atoms with Gasteiger partial charge in [-0.1, -0.05) is 6.08 Å². The predicted octanol–water partition coefficient (Wildman–Crippen LogP) is 2.29. The minimum Gasteiger partial charge on any atom is -0.459 e. The minimum atomic E-state index is -0.158. The van der Waals surface area contributed by atoms with Crippen LogP contribution in [0.3, 0.4) is 0 Å². The molecule has 0 aromatic heterocycles. The van der Waals surface area contributed by atoms with Gasteiger partial charge in [0.1, 0.15) is 5.60 Å². The highest BCUT2D eigenvalue weighted by Gasteiger charge is 2.74. The van der Waals surface area contributed by atoms with Crippen molar-refractivity contribution in [1.82, 2.24) is 0 Å². The molecule has 0 aromatic carbocycles. The second-order valence-corrected chi connectivity index (χ2v) is 5.26. The van der Waals surface area contributed by atoms with E-state index >= 15 is 0 Å². The molecule has 0 aromatic rings. The van der Waals surface area contributed by atoms with Gasteiger partial charge in [-0.15, -0.1) is 6.58 Å². The number of esters is 1. The second-order valence-electron chi connectivity index (χ2n) is 5.26. The maximum absolute atomic E-state index is 11.9. The van der Waals surface area contributed by atoms with Gasteiger partial charge in [-0.2, -0.15) is 0 Å². The number of allylic oxidation sites excluding steroid dienone is 1. The lowest BCUT2D eigenvalue weighted by Gasteiger charge is -2.56. The zero-order valence-corrected chi connectivity index (χ0v) is 8.58. The van der Waals surface area contributed by atoms with E-state index in [0.29, 0.717) is 11.8 Å². The van der Waals surface area contributed by atoms with Crippen molar-refractivity contribution in [3.05, 3.63) is 12.7 Å². The van der Waals surface area contributed by atoms with Crippen LogP contribution in [0.15, 0.2) is 12.7 Å². The Bertz CT molecular complexity index is 320. The van der Waals surface area contributed by atoms with E-state index in [1.807, 2.05) is 6.08 Å². The molecule has 4 rings (SSSR count). The molecule has 1 heterocycles. The van der Waals surface area contributed by atoms with Gasteiger partial charge in [0.05, 0.1) is 5.41 Å². The Labute approximate surface area is 84.3 Å². The van der Waals surface area contributed by atoms with Gasteiger partial charge in [-0.05, 0) is 38.5 Å². The van der Waals surface area contributed by atoms with E-state index in [1.54, 1.807) is 0 Å². The van der Waals surface area contributed by atoms with Crippen LogP contribution in [0, 0.1) is 17.3 Å². The first-order valence-corrected chi connectivity index (χ1v) is 5.48. The molecule has 2 nitrogen and oxygen atoms in total. The Morgan fingerprint density at radius 3 is 3.14 bits per heavy atom. The molecule has 4 aliphatic rings. The monoisotopic (exact) mass is 192 g/mol. The fraction of sp³-hybridized carbons (Fsp3) is 0.750. The Morgan fingerprint density at radius 2 is 2.50 bits per heavy atom. The molecule has 0 radical (unpaired) electrons. The van der Waals surface area contributed by atoms with Crippen LogP contribution < -0.4 is 0 Å². The van der Waals surface area contributed by atoms with Crippen LogP contribution in [0.2, 0.25) is 0 Å². The molecule has 1 saturated heterocycles. The van der Waals surface area contributed by atoms with Crippen LogP contribution in [-0.4, -0.2) is 11.6 Å². The summed E-state index contributed by atoms with van der Waals surface area (Å²) in [6.45, 7) is 5.88. The Hall–Kier alpha value is -0.790. The molecule has 4 bridgehead atoms. The number of carbonyl (C=O) groups is 1. The van der Waals surface area contributed by atoms with Gasteiger partial charge in [0.2, 0.25) is 0 Å². The van der Waals surface area contributed by atoms with Crippen LogP contribution >= 0.6 is 0 Å². The molecule has 0 N–H and O–H groups in total. The maximum Gasteiger partial charge on any atom is 0.313 e. The first-order chi connectivity index (χ1) is 6.63. The average Bonchev–Trinajstić information content (AvgIpc) is 2.21. The summed E-state index contributed by atoms with van der Waals surface area (Å²) in [6.07, 6.45) is 6.11. The van der Waals surface area contributed by atoms with E-state index in [4.69, 9.17) is 4.74 Å². The fourth-order valence-corrected chi connectivity index (χ4v) is 4.00. The van der Waals surface area contributed by atoms with Crippen LogP contribution in [0.5, 0.6) is 0 Å². The highest BCUT2D eigenvalue weighted by Crippen LogP contribution is 2.70. The molecule has 76 valence electrons. The van der Waals surface area contributed by atoms with Crippen LogP contribution in [0.4, 0.5) is 0 Å². The van der Waals surface area contributed by atoms with Crippen molar-refractivity contribution in [2.45, 2.75) is 38.2 Å². The number of rotatable bonds is 2.